The zero-order valence-corrected chi connectivity index (χ0v) is 18.6. The van der Waals surface area contributed by atoms with Crippen LogP contribution >= 0.6 is 23.2 Å². The number of rotatable bonds is 5. The summed E-state index contributed by atoms with van der Waals surface area (Å²) in [6.45, 7) is 5.57. The van der Waals surface area contributed by atoms with Gasteiger partial charge in [0.05, 0.1) is 10.6 Å². The smallest absolute Gasteiger partial charge is 0.255 e. The summed E-state index contributed by atoms with van der Waals surface area (Å²) in [5.74, 6) is -0.255. The van der Waals surface area contributed by atoms with Crippen LogP contribution in [0, 0.1) is 13.8 Å². The summed E-state index contributed by atoms with van der Waals surface area (Å²) in [5, 5.41) is 0.790. The minimum Gasteiger partial charge on any atom is -0.339 e. The Morgan fingerprint density at radius 3 is 2.17 bits per heavy atom. The summed E-state index contributed by atoms with van der Waals surface area (Å²) in [5.41, 5.74) is 3.03. The maximum atomic E-state index is 12.7. The van der Waals surface area contributed by atoms with E-state index in [0.717, 1.165) is 11.1 Å². The quantitative estimate of drug-likeness (QED) is 0.632. The summed E-state index contributed by atoms with van der Waals surface area (Å²) in [4.78, 5) is 41.2. The van der Waals surface area contributed by atoms with Crippen molar-refractivity contribution in [2.45, 2.75) is 26.7 Å². The van der Waals surface area contributed by atoms with Crippen LogP contribution in [0.3, 0.4) is 0 Å². The van der Waals surface area contributed by atoms with Crippen molar-refractivity contribution in [2.75, 3.05) is 26.2 Å². The van der Waals surface area contributed by atoms with E-state index < -0.39 is 0 Å². The van der Waals surface area contributed by atoms with Crippen molar-refractivity contribution in [2.24, 2.45) is 0 Å². The molecular formula is C23H24Cl2N2O3. The van der Waals surface area contributed by atoms with E-state index in [4.69, 9.17) is 23.2 Å². The van der Waals surface area contributed by atoms with Gasteiger partial charge in [-0.15, -0.1) is 0 Å². The van der Waals surface area contributed by atoms with E-state index in [2.05, 4.69) is 0 Å². The second kappa shape index (κ2) is 9.63. The molecule has 30 heavy (non-hydrogen) atoms. The molecule has 0 radical (unpaired) electrons. The van der Waals surface area contributed by atoms with Crippen LogP contribution in [-0.4, -0.2) is 53.6 Å². The van der Waals surface area contributed by atoms with Crippen molar-refractivity contribution >= 4 is 40.8 Å². The number of benzene rings is 2. The van der Waals surface area contributed by atoms with E-state index in [0.29, 0.717) is 47.4 Å². The first-order chi connectivity index (χ1) is 14.3. The van der Waals surface area contributed by atoms with Crippen LogP contribution in [-0.2, 0) is 4.79 Å². The van der Waals surface area contributed by atoms with Crippen LogP contribution in [0.4, 0.5) is 0 Å². The van der Waals surface area contributed by atoms with Crippen LogP contribution in [0.15, 0.2) is 36.4 Å². The number of Topliss-reactive ketones (excluding diaryl/α,β-unsaturated/α-hetero) is 1. The van der Waals surface area contributed by atoms with Gasteiger partial charge < -0.3 is 9.80 Å². The van der Waals surface area contributed by atoms with Crippen LogP contribution in [0.1, 0.15) is 44.7 Å². The number of aryl methyl sites for hydroxylation is 2. The molecular weight excluding hydrogens is 423 g/mol. The van der Waals surface area contributed by atoms with Crippen LogP contribution in [0.5, 0.6) is 0 Å². The molecule has 0 saturated carbocycles. The molecule has 0 N–H and O–H groups in total. The molecule has 2 aromatic carbocycles. The normalized spacial score (nSPS) is 14.0. The van der Waals surface area contributed by atoms with E-state index >= 15 is 0 Å². The van der Waals surface area contributed by atoms with Gasteiger partial charge >= 0.3 is 0 Å². The Kier molecular flexibility index (Phi) is 7.16. The van der Waals surface area contributed by atoms with E-state index in [1.165, 1.54) is 0 Å². The molecule has 7 heteroatoms. The molecule has 2 amide bonds. The minimum atomic E-state index is -0.172. The molecule has 2 aromatic rings. The fourth-order valence-corrected chi connectivity index (χ4v) is 4.03. The molecule has 5 nitrogen and oxygen atoms in total. The number of hydrogen-bond donors (Lipinski definition) is 0. The highest BCUT2D eigenvalue weighted by Crippen LogP contribution is 2.23. The summed E-state index contributed by atoms with van der Waals surface area (Å²) in [6.07, 6.45) is 0.353. The van der Waals surface area contributed by atoms with Crippen molar-refractivity contribution in [1.82, 2.24) is 9.80 Å². The van der Waals surface area contributed by atoms with Crippen molar-refractivity contribution in [1.29, 1.82) is 0 Å². The highest BCUT2D eigenvalue weighted by Gasteiger charge is 2.26. The minimum absolute atomic E-state index is 0.0178. The van der Waals surface area contributed by atoms with E-state index in [9.17, 15) is 14.4 Å². The number of amides is 2. The lowest BCUT2D eigenvalue weighted by atomic mass is 9.99. The fraction of sp³-hybridized carbons (Fsp3) is 0.348. The molecule has 1 saturated heterocycles. The Morgan fingerprint density at radius 2 is 1.50 bits per heavy atom. The molecule has 0 aliphatic carbocycles. The van der Waals surface area contributed by atoms with Crippen LogP contribution in [0.25, 0.3) is 0 Å². The second-order valence-corrected chi connectivity index (χ2v) is 8.38. The van der Waals surface area contributed by atoms with Crippen molar-refractivity contribution in [3.8, 4) is 0 Å². The molecule has 3 rings (SSSR count). The zero-order chi connectivity index (χ0) is 21.8. The molecule has 0 unspecified atom stereocenters. The number of carbonyl (C=O) groups excluding carboxylic acids is 3. The molecule has 0 spiro atoms. The first-order valence-corrected chi connectivity index (χ1v) is 10.6. The van der Waals surface area contributed by atoms with E-state index in [1.54, 1.807) is 28.0 Å². The molecule has 158 valence electrons. The lowest BCUT2D eigenvalue weighted by molar-refractivity contribution is -0.132. The summed E-state index contributed by atoms with van der Waals surface area (Å²) >= 11 is 12.0. The number of ketones is 1. The molecule has 1 heterocycles. The highest BCUT2D eigenvalue weighted by atomic mass is 35.5. The lowest BCUT2D eigenvalue weighted by Crippen LogP contribution is -2.50. The van der Waals surface area contributed by atoms with E-state index in [-0.39, 0.29) is 30.4 Å². The Hall–Kier alpha value is -2.37. The van der Waals surface area contributed by atoms with Gasteiger partial charge in [-0.1, -0.05) is 40.9 Å². The Labute approximate surface area is 186 Å². The third-order valence-corrected chi connectivity index (χ3v) is 5.89. The monoisotopic (exact) mass is 446 g/mol. The summed E-state index contributed by atoms with van der Waals surface area (Å²) < 4.78 is 0. The predicted octanol–water partition coefficient (Wildman–Crippen LogP) is 4.56. The molecule has 1 aliphatic heterocycles. The first kappa shape index (κ1) is 22.3. The molecule has 1 fully saturated rings. The number of piperazine rings is 1. The van der Waals surface area contributed by atoms with Gasteiger partial charge in [0, 0.05) is 49.6 Å². The van der Waals surface area contributed by atoms with Gasteiger partial charge in [-0.2, -0.15) is 0 Å². The third-order valence-electron chi connectivity index (χ3n) is 5.34. The van der Waals surface area contributed by atoms with Gasteiger partial charge in [-0.05, 0) is 43.7 Å². The Bertz CT molecular complexity index is 982. The van der Waals surface area contributed by atoms with Gasteiger partial charge in [-0.25, -0.2) is 0 Å². The average Bonchev–Trinajstić information content (AvgIpc) is 2.73. The molecule has 0 aromatic heterocycles. The van der Waals surface area contributed by atoms with Crippen molar-refractivity contribution in [3.63, 3.8) is 0 Å². The number of hydrogen-bond acceptors (Lipinski definition) is 3. The van der Waals surface area contributed by atoms with Gasteiger partial charge in [0.2, 0.25) is 5.91 Å². The SMILES string of the molecule is Cc1ccc(C)c(C(=O)CCC(=O)N2CCN(C(=O)c3ccc(Cl)cc3Cl)CC2)c1. The maximum absolute atomic E-state index is 12.7. The molecule has 0 atom stereocenters. The maximum Gasteiger partial charge on any atom is 0.255 e. The van der Waals surface area contributed by atoms with Gasteiger partial charge in [0.15, 0.2) is 5.78 Å². The van der Waals surface area contributed by atoms with Crippen LogP contribution in [0.2, 0.25) is 10.0 Å². The Balaban J connectivity index is 1.52. The molecule has 1 aliphatic rings. The van der Waals surface area contributed by atoms with Crippen molar-refractivity contribution in [3.05, 3.63) is 68.7 Å². The van der Waals surface area contributed by atoms with E-state index in [1.807, 2.05) is 32.0 Å². The Morgan fingerprint density at radius 1 is 0.833 bits per heavy atom. The number of nitrogens with zero attached hydrogens (tertiary/aromatic N) is 2. The summed E-state index contributed by atoms with van der Waals surface area (Å²) in [7, 11) is 0. The highest BCUT2D eigenvalue weighted by molar-refractivity contribution is 6.36. The first-order valence-electron chi connectivity index (χ1n) is 9.89. The van der Waals surface area contributed by atoms with Crippen molar-refractivity contribution < 1.29 is 14.4 Å². The number of halogens is 2. The van der Waals surface area contributed by atoms with Gasteiger partial charge in [-0.3, -0.25) is 14.4 Å². The molecule has 0 bridgehead atoms. The summed E-state index contributed by atoms with van der Waals surface area (Å²) in [6, 6.07) is 10.6. The number of carbonyl (C=O) groups is 3. The zero-order valence-electron chi connectivity index (χ0n) is 17.1. The lowest BCUT2D eigenvalue weighted by Gasteiger charge is -2.35. The fourth-order valence-electron chi connectivity index (χ4n) is 3.54. The van der Waals surface area contributed by atoms with Gasteiger partial charge in [0.25, 0.3) is 5.91 Å². The topological polar surface area (TPSA) is 57.7 Å². The second-order valence-electron chi connectivity index (χ2n) is 7.54. The average molecular weight is 447 g/mol. The van der Waals surface area contributed by atoms with Crippen LogP contribution < -0.4 is 0 Å². The largest absolute Gasteiger partial charge is 0.339 e. The third kappa shape index (κ3) is 5.21. The standard InChI is InChI=1S/C23H24Cl2N2O3/c1-15-3-4-16(2)19(13-15)21(28)7-8-22(29)26-9-11-27(12-10-26)23(30)18-6-5-17(24)14-20(18)25/h3-6,13-14H,7-12H2,1-2H3. The van der Waals surface area contributed by atoms with Gasteiger partial charge in [0.1, 0.15) is 0 Å². The predicted molar refractivity (Wildman–Crippen MR) is 118 cm³/mol.